The van der Waals surface area contributed by atoms with Crippen LogP contribution in [-0.2, 0) is 4.74 Å². The van der Waals surface area contributed by atoms with Crippen LogP contribution in [0.4, 0.5) is 0 Å². The molecule has 1 aromatic heterocycles. The molecule has 3 atom stereocenters. The van der Waals surface area contributed by atoms with Crippen LogP contribution in [-0.4, -0.2) is 33.5 Å². The van der Waals surface area contributed by atoms with Crippen molar-refractivity contribution >= 4 is 0 Å². The van der Waals surface area contributed by atoms with Gasteiger partial charge in [-0.25, -0.2) is 4.98 Å². The van der Waals surface area contributed by atoms with Crippen LogP contribution in [0.25, 0.3) is 11.3 Å². The number of aliphatic hydroxyl groups is 1. The minimum absolute atomic E-state index is 0.0462. The Hall–Kier alpha value is -1.65. The number of rotatable bonds is 1. The van der Waals surface area contributed by atoms with E-state index in [1.165, 1.54) is 16.7 Å². The highest BCUT2D eigenvalue weighted by atomic mass is 16.5. The number of aromatic nitrogens is 2. The van der Waals surface area contributed by atoms with E-state index in [1.54, 1.807) is 0 Å². The van der Waals surface area contributed by atoms with E-state index in [0.717, 1.165) is 5.69 Å². The summed E-state index contributed by atoms with van der Waals surface area (Å²) >= 11 is 0. The number of fused-ring (bicyclic) bond motifs is 3. The fourth-order valence-electron chi connectivity index (χ4n) is 3.28. The van der Waals surface area contributed by atoms with E-state index >= 15 is 0 Å². The molecule has 3 heterocycles. The van der Waals surface area contributed by atoms with Crippen LogP contribution in [0.15, 0.2) is 30.7 Å². The van der Waals surface area contributed by atoms with Crippen molar-refractivity contribution in [3.05, 3.63) is 41.9 Å². The summed E-state index contributed by atoms with van der Waals surface area (Å²) in [6.07, 6.45) is 3.87. The van der Waals surface area contributed by atoms with E-state index in [-0.39, 0.29) is 12.1 Å². The van der Waals surface area contributed by atoms with Gasteiger partial charge in [-0.15, -0.1) is 0 Å². The Morgan fingerprint density at radius 1 is 1.42 bits per heavy atom. The van der Waals surface area contributed by atoms with Gasteiger partial charge in [0.2, 0.25) is 0 Å². The number of imidazole rings is 1. The maximum atomic E-state index is 10.1. The maximum Gasteiger partial charge on any atom is 0.108 e. The molecule has 4 heteroatoms. The van der Waals surface area contributed by atoms with E-state index in [9.17, 15) is 5.11 Å². The van der Waals surface area contributed by atoms with Crippen LogP contribution in [0, 0.1) is 6.92 Å². The van der Waals surface area contributed by atoms with Crippen LogP contribution >= 0.6 is 0 Å². The van der Waals surface area contributed by atoms with Gasteiger partial charge in [-0.05, 0) is 18.9 Å². The second-order valence-electron chi connectivity index (χ2n) is 5.41. The molecule has 2 aliphatic rings. The van der Waals surface area contributed by atoms with Gasteiger partial charge < -0.3 is 14.4 Å². The lowest BCUT2D eigenvalue weighted by Gasteiger charge is -2.24. The van der Waals surface area contributed by atoms with E-state index in [0.29, 0.717) is 13.0 Å². The van der Waals surface area contributed by atoms with Crippen molar-refractivity contribution in [1.82, 2.24) is 9.55 Å². The van der Waals surface area contributed by atoms with Crippen LogP contribution in [0.5, 0.6) is 0 Å². The molecule has 4 nitrogen and oxygen atoms in total. The Morgan fingerprint density at radius 3 is 3.11 bits per heavy atom. The monoisotopic (exact) mass is 256 g/mol. The van der Waals surface area contributed by atoms with E-state index in [2.05, 4.69) is 34.7 Å². The van der Waals surface area contributed by atoms with Crippen LogP contribution in [0.3, 0.4) is 0 Å². The van der Waals surface area contributed by atoms with Crippen molar-refractivity contribution in [2.75, 3.05) is 6.61 Å². The zero-order chi connectivity index (χ0) is 13.0. The molecule has 0 radical (unpaired) electrons. The lowest BCUT2D eigenvalue weighted by Crippen LogP contribution is -2.31. The predicted octanol–water partition coefficient (Wildman–Crippen LogP) is 1.91. The molecule has 0 aliphatic carbocycles. The molecule has 1 fully saturated rings. The molecule has 2 aliphatic heterocycles. The summed E-state index contributed by atoms with van der Waals surface area (Å²) in [6, 6.07) is 6.50. The summed E-state index contributed by atoms with van der Waals surface area (Å²) in [5, 5.41) is 10.1. The highest BCUT2D eigenvalue weighted by molar-refractivity contribution is 5.70. The van der Waals surface area contributed by atoms with E-state index in [4.69, 9.17) is 4.74 Å². The van der Waals surface area contributed by atoms with Gasteiger partial charge in [0, 0.05) is 12.2 Å². The first kappa shape index (κ1) is 11.2. The number of ether oxygens (including phenoxy) is 1. The fourth-order valence-corrected chi connectivity index (χ4v) is 3.28. The topological polar surface area (TPSA) is 47.3 Å². The molecule has 3 unspecified atom stereocenters. The molecule has 19 heavy (non-hydrogen) atoms. The predicted molar refractivity (Wildman–Crippen MR) is 70.9 cm³/mol. The molecule has 1 saturated heterocycles. The molecule has 0 bridgehead atoms. The second kappa shape index (κ2) is 3.92. The third kappa shape index (κ3) is 1.50. The number of aryl methyl sites for hydroxylation is 1. The zero-order valence-corrected chi connectivity index (χ0v) is 10.8. The number of hydrogen-bond donors (Lipinski definition) is 1. The summed E-state index contributed by atoms with van der Waals surface area (Å²) < 4.78 is 7.90. The first-order chi connectivity index (χ1) is 9.25. The van der Waals surface area contributed by atoms with Crippen molar-refractivity contribution in [3.8, 4) is 11.3 Å². The Labute approximate surface area is 111 Å². The molecular formula is C15H16N2O2. The van der Waals surface area contributed by atoms with E-state index in [1.807, 2.05) is 12.5 Å². The zero-order valence-electron chi connectivity index (χ0n) is 10.8. The van der Waals surface area contributed by atoms with Gasteiger partial charge in [-0.3, -0.25) is 0 Å². The van der Waals surface area contributed by atoms with Gasteiger partial charge in [-0.2, -0.15) is 0 Å². The highest BCUT2D eigenvalue weighted by Gasteiger charge is 2.41. The van der Waals surface area contributed by atoms with Crippen molar-refractivity contribution in [2.24, 2.45) is 0 Å². The van der Waals surface area contributed by atoms with Gasteiger partial charge >= 0.3 is 0 Å². The molecule has 2 aromatic rings. The minimum atomic E-state index is -0.397. The molecule has 98 valence electrons. The molecule has 0 amide bonds. The molecule has 0 saturated carbocycles. The summed E-state index contributed by atoms with van der Waals surface area (Å²) in [5.41, 5.74) is 4.79. The van der Waals surface area contributed by atoms with Crippen molar-refractivity contribution < 1.29 is 9.84 Å². The average Bonchev–Trinajstić information content (AvgIpc) is 3.05. The van der Waals surface area contributed by atoms with Gasteiger partial charge in [0.15, 0.2) is 0 Å². The summed E-state index contributed by atoms with van der Waals surface area (Å²) in [7, 11) is 0. The lowest BCUT2D eigenvalue weighted by molar-refractivity contribution is 0.0183. The molecule has 4 rings (SSSR count). The third-order valence-electron chi connectivity index (χ3n) is 4.18. The van der Waals surface area contributed by atoms with Crippen LogP contribution < -0.4 is 0 Å². The Bertz CT molecular complexity index is 635. The summed E-state index contributed by atoms with van der Waals surface area (Å²) in [4.78, 5) is 4.24. The van der Waals surface area contributed by atoms with Crippen molar-refractivity contribution in [1.29, 1.82) is 0 Å². The molecule has 0 spiro atoms. The van der Waals surface area contributed by atoms with Gasteiger partial charge in [0.1, 0.15) is 6.10 Å². The fraction of sp³-hybridized carbons (Fsp3) is 0.400. The average molecular weight is 256 g/mol. The Balaban J connectivity index is 1.90. The summed E-state index contributed by atoms with van der Waals surface area (Å²) in [6.45, 7) is 2.72. The first-order valence-corrected chi connectivity index (χ1v) is 6.68. The van der Waals surface area contributed by atoms with Crippen molar-refractivity contribution in [3.63, 3.8) is 0 Å². The third-order valence-corrected chi connectivity index (χ3v) is 4.18. The quantitative estimate of drug-likeness (QED) is 0.848. The number of aliphatic hydroxyl groups excluding tert-OH is 1. The normalized spacial score (nSPS) is 28.4. The first-order valence-electron chi connectivity index (χ1n) is 6.68. The van der Waals surface area contributed by atoms with E-state index < -0.39 is 6.10 Å². The lowest BCUT2D eigenvalue weighted by atomic mass is 9.95. The molecular weight excluding hydrogens is 240 g/mol. The van der Waals surface area contributed by atoms with Gasteiger partial charge in [0.05, 0.1) is 30.4 Å². The second-order valence-corrected chi connectivity index (χ2v) is 5.41. The maximum absolute atomic E-state index is 10.1. The molecule has 1 N–H and O–H groups in total. The SMILES string of the molecule is Cc1ccc2c(c1)C(C1OCCC1O)n1cncc1-2. The summed E-state index contributed by atoms with van der Waals surface area (Å²) in [5.74, 6) is 0. The molecule has 1 aromatic carbocycles. The van der Waals surface area contributed by atoms with Crippen molar-refractivity contribution in [2.45, 2.75) is 31.6 Å². The van der Waals surface area contributed by atoms with Gasteiger partial charge in [-0.1, -0.05) is 23.8 Å². The minimum Gasteiger partial charge on any atom is -0.390 e. The Morgan fingerprint density at radius 2 is 2.32 bits per heavy atom. The highest BCUT2D eigenvalue weighted by Crippen LogP contribution is 2.44. The number of hydrogen-bond acceptors (Lipinski definition) is 3. The largest absolute Gasteiger partial charge is 0.390 e. The van der Waals surface area contributed by atoms with Gasteiger partial charge in [0.25, 0.3) is 0 Å². The van der Waals surface area contributed by atoms with Crippen LogP contribution in [0.2, 0.25) is 0 Å². The number of nitrogens with zero attached hydrogens (tertiary/aromatic N) is 2. The smallest absolute Gasteiger partial charge is 0.108 e. The standard InChI is InChI=1S/C15H16N2O2/c1-9-2-3-10-11(6-9)14(15-13(18)4-5-19-15)17-8-16-7-12(10)17/h2-3,6-8,13-15,18H,4-5H2,1H3. The Kier molecular flexibility index (Phi) is 2.31. The number of benzene rings is 1. The van der Waals surface area contributed by atoms with Crippen LogP contribution in [0.1, 0.15) is 23.6 Å².